The van der Waals surface area contributed by atoms with Crippen LogP contribution in [0.5, 0.6) is 0 Å². The summed E-state index contributed by atoms with van der Waals surface area (Å²) in [5.41, 5.74) is 2.26. The molecule has 0 radical (unpaired) electrons. The fraction of sp³-hybridized carbons (Fsp3) is 0.286. The molecule has 1 aromatic heterocycles. The lowest BCUT2D eigenvalue weighted by Gasteiger charge is -2.16. The zero-order valence-corrected chi connectivity index (χ0v) is 12.0. The van der Waals surface area contributed by atoms with E-state index in [4.69, 9.17) is 4.42 Å². The van der Waals surface area contributed by atoms with Crippen LogP contribution in [0.2, 0.25) is 0 Å². The van der Waals surface area contributed by atoms with E-state index in [-0.39, 0.29) is 5.82 Å². The maximum Gasteiger partial charge on any atom is 0.137 e. The lowest BCUT2D eigenvalue weighted by atomic mass is 10.2. The first-order valence-corrected chi connectivity index (χ1v) is 6.51. The van der Waals surface area contributed by atoms with Crippen molar-refractivity contribution in [3.8, 4) is 0 Å². The molecule has 2 nitrogen and oxygen atoms in total. The number of nitrogens with zero attached hydrogens (tertiary/aromatic N) is 1. The molecule has 0 bridgehead atoms. The maximum absolute atomic E-state index is 13.1. The molecule has 0 aliphatic rings. The van der Waals surface area contributed by atoms with E-state index in [9.17, 15) is 4.39 Å². The van der Waals surface area contributed by atoms with E-state index >= 15 is 0 Å². The van der Waals surface area contributed by atoms with Crippen molar-refractivity contribution >= 4 is 15.9 Å². The van der Waals surface area contributed by atoms with Crippen LogP contribution in [0.4, 0.5) is 4.39 Å². The Hall–Kier alpha value is -1.13. The monoisotopic (exact) mass is 311 g/mol. The van der Waals surface area contributed by atoms with Crippen LogP contribution in [-0.4, -0.2) is 11.9 Å². The molecule has 2 rings (SSSR count). The fourth-order valence-corrected chi connectivity index (χ4v) is 2.30. The molecule has 0 saturated carbocycles. The second-order valence-electron chi connectivity index (χ2n) is 4.42. The number of aryl methyl sites for hydroxylation is 1. The van der Waals surface area contributed by atoms with Crippen LogP contribution in [0.25, 0.3) is 0 Å². The van der Waals surface area contributed by atoms with Crippen molar-refractivity contribution in [2.24, 2.45) is 0 Å². The third-order valence-electron chi connectivity index (χ3n) is 2.84. The number of rotatable bonds is 4. The zero-order chi connectivity index (χ0) is 13.1. The molecule has 0 N–H and O–H groups in total. The van der Waals surface area contributed by atoms with E-state index in [0.717, 1.165) is 24.4 Å². The summed E-state index contributed by atoms with van der Waals surface area (Å²) in [5.74, 6) is 0.717. The van der Waals surface area contributed by atoms with Crippen molar-refractivity contribution in [3.05, 3.63) is 57.7 Å². The van der Waals surface area contributed by atoms with Gasteiger partial charge in [-0.25, -0.2) is 4.39 Å². The molecular formula is C14H15BrFNO. The Morgan fingerprint density at radius 1 is 1.28 bits per heavy atom. The van der Waals surface area contributed by atoms with E-state index in [1.165, 1.54) is 11.6 Å². The predicted octanol–water partition coefficient (Wildman–Crippen LogP) is 4.12. The van der Waals surface area contributed by atoms with Gasteiger partial charge in [0.05, 0.1) is 10.7 Å². The number of hydrogen-bond acceptors (Lipinski definition) is 2. The van der Waals surface area contributed by atoms with Gasteiger partial charge in [-0.15, -0.1) is 0 Å². The van der Waals surface area contributed by atoms with Crippen LogP contribution < -0.4 is 0 Å². The van der Waals surface area contributed by atoms with Gasteiger partial charge in [-0.2, -0.15) is 0 Å². The van der Waals surface area contributed by atoms with Gasteiger partial charge in [0.15, 0.2) is 0 Å². The topological polar surface area (TPSA) is 16.4 Å². The normalized spacial score (nSPS) is 11.2. The minimum Gasteiger partial charge on any atom is -0.469 e. The Balaban J connectivity index is 2.01. The van der Waals surface area contributed by atoms with Crippen LogP contribution in [-0.2, 0) is 13.1 Å². The molecule has 0 aliphatic carbocycles. The third kappa shape index (κ3) is 3.21. The minimum atomic E-state index is -0.230. The molecule has 1 aromatic carbocycles. The summed E-state index contributed by atoms with van der Waals surface area (Å²) in [6.07, 6.45) is 1.70. The van der Waals surface area contributed by atoms with Crippen molar-refractivity contribution in [1.29, 1.82) is 0 Å². The van der Waals surface area contributed by atoms with Gasteiger partial charge in [-0.3, -0.25) is 4.90 Å². The second-order valence-corrected chi connectivity index (χ2v) is 5.28. The number of halogens is 2. The number of hydrogen-bond donors (Lipinski definition) is 0. The molecule has 2 aromatic rings. The highest BCUT2D eigenvalue weighted by molar-refractivity contribution is 9.10. The van der Waals surface area contributed by atoms with E-state index < -0.39 is 0 Å². The molecule has 0 spiro atoms. The maximum atomic E-state index is 13.1. The number of furan rings is 1. The van der Waals surface area contributed by atoms with Gasteiger partial charge in [0, 0.05) is 18.7 Å². The number of benzene rings is 1. The van der Waals surface area contributed by atoms with Gasteiger partial charge in [0.1, 0.15) is 11.6 Å². The third-order valence-corrected chi connectivity index (χ3v) is 3.45. The Labute approximate surface area is 115 Å². The van der Waals surface area contributed by atoms with Crippen molar-refractivity contribution in [3.63, 3.8) is 0 Å². The minimum absolute atomic E-state index is 0.230. The summed E-state index contributed by atoms with van der Waals surface area (Å²) in [7, 11) is 2.03. The molecule has 1 heterocycles. The van der Waals surface area contributed by atoms with Gasteiger partial charge in [0.2, 0.25) is 0 Å². The van der Waals surface area contributed by atoms with E-state index in [0.29, 0.717) is 4.47 Å². The summed E-state index contributed by atoms with van der Waals surface area (Å²) in [6.45, 7) is 3.54. The van der Waals surface area contributed by atoms with Crippen molar-refractivity contribution in [1.82, 2.24) is 4.90 Å². The summed E-state index contributed by atoms with van der Waals surface area (Å²) in [5, 5.41) is 0. The fourth-order valence-electron chi connectivity index (χ4n) is 1.87. The Bertz CT molecular complexity index is 538. The first-order chi connectivity index (χ1) is 8.56. The predicted molar refractivity (Wildman–Crippen MR) is 72.7 cm³/mol. The Kier molecular flexibility index (Phi) is 4.19. The highest BCUT2D eigenvalue weighted by Gasteiger charge is 2.07. The van der Waals surface area contributed by atoms with Gasteiger partial charge in [-0.1, -0.05) is 6.07 Å². The Morgan fingerprint density at radius 3 is 2.67 bits per heavy atom. The van der Waals surface area contributed by atoms with Gasteiger partial charge < -0.3 is 4.42 Å². The van der Waals surface area contributed by atoms with Crippen LogP contribution >= 0.6 is 15.9 Å². The smallest absolute Gasteiger partial charge is 0.137 e. The van der Waals surface area contributed by atoms with Crippen molar-refractivity contribution in [2.45, 2.75) is 20.0 Å². The summed E-state index contributed by atoms with van der Waals surface area (Å²) in [6, 6.07) is 7.08. The summed E-state index contributed by atoms with van der Waals surface area (Å²) >= 11 is 3.20. The largest absolute Gasteiger partial charge is 0.469 e. The van der Waals surface area contributed by atoms with Gasteiger partial charge in [0.25, 0.3) is 0 Å². The first-order valence-electron chi connectivity index (χ1n) is 5.71. The molecule has 0 amide bonds. The van der Waals surface area contributed by atoms with E-state index in [1.54, 1.807) is 12.3 Å². The van der Waals surface area contributed by atoms with Crippen LogP contribution in [0.15, 0.2) is 39.4 Å². The highest BCUT2D eigenvalue weighted by Crippen LogP contribution is 2.18. The standard InChI is InChI=1S/C14H15BrFNO/c1-10-12(5-6-18-10)9-17(2)8-11-3-4-14(16)13(15)7-11/h3-7H,8-9H2,1-2H3. The van der Waals surface area contributed by atoms with Crippen molar-refractivity contribution < 1.29 is 8.81 Å². The van der Waals surface area contributed by atoms with Gasteiger partial charge in [-0.05, 0) is 53.7 Å². The highest BCUT2D eigenvalue weighted by atomic mass is 79.9. The molecule has 0 unspecified atom stereocenters. The molecule has 96 valence electrons. The van der Waals surface area contributed by atoms with Crippen molar-refractivity contribution in [2.75, 3.05) is 7.05 Å². The molecule has 4 heteroatoms. The molecule has 0 atom stereocenters. The average molecular weight is 312 g/mol. The lowest BCUT2D eigenvalue weighted by molar-refractivity contribution is 0.316. The average Bonchev–Trinajstić information content (AvgIpc) is 2.70. The summed E-state index contributed by atoms with van der Waals surface area (Å²) < 4.78 is 18.9. The molecule has 0 saturated heterocycles. The van der Waals surface area contributed by atoms with Gasteiger partial charge >= 0.3 is 0 Å². The second kappa shape index (κ2) is 5.67. The zero-order valence-electron chi connectivity index (χ0n) is 10.4. The molecule has 0 fully saturated rings. The molecule has 0 aliphatic heterocycles. The lowest BCUT2D eigenvalue weighted by Crippen LogP contribution is -2.17. The van der Waals surface area contributed by atoms with E-state index in [1.807, 2.05) is 26.1 Å². The molecule has 18 heavy (non-hydrogen) atoms. The molecular weight excluding hydrogens is 297 g/mol. The Morgan fingerprint density at radius 2 is 2.06 bits per heavy atom. The van der Waals surface area contributed by atoms with Crippen LogP contribution in [0.1, 0.15) is 16.9 Å². The quantitative estimate of drug-likeness (QED) is 0.844. The van der Waals surface area contributed by atoms with E-state index in [2.05, 4.69) is 20.8 Å². The first kappa shape index (κ1) is 13.3. The SMILES string of the molecule is Cc1occc1CN(C)Cc1ccc(F)c(Br)c1. The summed E-state index contributed by atoms with van der Waals surface area (Å²) in [4.78, 5) is 2.16. The van der Waals surface area contributed by atoms with Crippen LogP contribution in [0, 0.1) is 12.7 Å². The van der Waals surface area contributed by atoms with Crippen LogP contribution in [0.3, 0.4) is 0 Å².